The maximum Gasteiger partial charge on any atom is 0.143 e. The van der Waals surface area contributed by atoms with Gasteiger partial charge in [-0.15, -0.1) is 0 Å². The molecule has 1 nitrogen and oxygen atoms in total. The summed E-state index contributed by atoms with van der Waals surface area (Å²) in [4.78, 5) is 0. The highest BCUT2D eigenvalue weighted by molar-refractivity contribution is 6.26. The van der Waals surface area contributed by atoms with Gasteiger partial charge in [-0.3, -0.25) is 0 Å². The summed E-state index contributed by atoms with van der Waals surface area (Å²) >= 11 is 0. The quantitative estimate of drug-likeness (QED) is 0.218. The fraction of sp³-hybridized carbons (Fsp3) is 0. The molecule has 7 aromatic carbocycles. The van der Waals surface area contributed by atoms with Crippen LogP contribution >= 0.6 is 0 Å². The highest BCUT2D eigenvalue weighted by Crippen LogP contribution is 2.52. The van der Waals surface area contributed by atoms with Gasteiger partial charge in [-0.25, -0.2) is 0 Å². The summed E-state index contributed by atoms with van der Waals surface area (Å²) in [6.07, 6.45) is 0. The Balaban J connectivity index is 1.31. The lowest BCUT2D eigenvalue weighted by Gasteiger charge is -2.12. The van der Waals surface area contributed by atoms with Crippen LogP contribution in [0.15, 0.2) is 126 Å². The SMILES string of the molecule is c1cc2c3c(cccc3c1)-c1c-2oc2ccc(-c3ccc4c5ccccc5c5ccccc5c4c3)cc12. The Labute approximate surface area is 213 Å². The smallest absolute Gasteiger partial charge is 0.143 e. The second-order valence-corrected chi connectivity index (χ2v) is 10.1. The van der Waals surface area contributed by atoms with Gasteiger partial charge in [-0.2, -0.15) is 0 Å². The molecular weight excluding hydrogens is 448 g/mol. The molecule has 0 amide bonds. The van der Waals surface area contributed by atoms with Gasteiger partial charge in [0.05, 0.1) is 0 Å². The lowest BCUT2D eigenvalue weighted by molar-refractivity contribution is 0.634. The summed E-state index contributed by atoms with van der Waals surface area (Å²) < 4.78 is 6.45. The standard InChI is InChI=1S/C36H20O/c1-2-11-26-24(9-1)25-10-3-4-12-27(25)31-19-22(15-17-28(26)31)23-16-18-33-32(20-23)35-29-13-5-7-21-8-6-14-30(34(21)29)36(35)37-33/h1-20H. The van der Waals surface area contributed by atoms with E-state index in [-0.39, 0.29) is 0 Å². The number of hydrogen-bond donors (Lipinski definition) is 0. The average molecular weight is 469 g/mol. The molecule has 170 valence electrons. The van der Waals surface area contributed by atoms with Crippen molar-refractivity contribution >= 4 is 54.1 Å². The zero-order valence-corrected chi connectivity index (χ0v) is 20.0. The number of benzene rings is 7. The summed E-state index contributed by atoms with van der Waals surface area (Å²) in [5.74, 6) is 0.995. The minimum absolute atomic E-state index is 0.942. The highest BCUT2D eigenvalue weighted by Gasteiger charge is 2.27. The van der Waals surface area contributed by atoms with Gasteiger partial charge in [0.1, 0.15) is 11.3 Å². The minimum Gasteiger partial charge on any atom is -0.455 e. The van der Waals surface area contributed by atoms with Crippen LogP contribution in [-0.2, 0) is 0 Å². The second kappa shape index (κ2) is 6.87. The average Bonchev–Trinajstić information content (AvgIpc) is 3.49. The van der Waals surface area contributed by atoms with Gasteiger partial charge in [0.15, 0.2) is 0 Å². The number of fused-ring (bicyclic) bond motifs is 11. The Bertz CT molecular complexity index is 2210. The van der Waals surface area contributed by atoms with E-state index in [1.807, 2.05) is 0 Å². The first kappa shape index (κ1) is 19.3. The van der Waals surface area contributed by atoms with Crippen LogP contribution in [0, 0.1) is 0 Å². The van der Waals surface area contributed by atoms with Crippen molar-refractivity contribution < 1.29 is 4.42 Å². The molecule has 1 aromatic heterocycles. The van der Waals surface area contributed by atoms with E-state index in [0.717, 1.165) is 11.3 Å². The maximum atomic E-state index is 6.45. The molecule has 0 saturated carbocycles. The molecule has 0 fully saturated rings. The molecule has 0 unspecified atom stereocenters. The maximum absolute atomic E-state index is 6.45. The first-order chi connectivity index (χ1) is 18.3. The van der Waals surface area contributed by atoms with E-state index in [0.29, 0.717) is 0 Å². The molecule has 0 radical (unpaired) electrons. The summed E-state index contributed by atoms with van der Waals surface area (Å²) in [5.41, 5.74) is 7.06. The van der Waals surface area contributed by atoms with E-state index in [4.69, 9.17) is 4.42 Å². The molecule has 0 N–H and O–H groups in total. The predicted molar refractivity (Wildman–Crippen MR) is 156 cm³/mol. The van der Waals surface area contributed by atoms with E-state index < -0.39 is 0 Å². The van der Waals surface area contributed by atoms with Crippen molar-refractivity contribution in [3.63, 3.8) is 0 Å². The third-order valence-electron chi connectivity index (χ3n) is 8.18. The molecule has 8 aromatic rings. The van der Waals surface area contributed by atoms with Crippen molar-refractivity contribution in [1.29, 1.82) is 0 Å². The van der Waals surface area contributed by atoms with Crippen LogP contribution in [0.4, 0.5) is 0 Å². The molecule has 1 aliphatic rings. The fourth-order valence-electron chi connectivity index (χ4n) is 6.56. The van der Waals surface area contributed by atoms with Crippen LogP contribution in [0.5, 0.6) is 0 Å². The van der Waals surface area contributed by atoms with Crippen molar-refractivity contribution in [1.82, 2.24) is 0 Å². The topological polar surface area (TPSA) is 13.1 Å². The van der Waals surface area contributed by atoms with Crippen LogP contribution in [0.25, 0.3) is 87.6 Å². The van der Waals surface area contributed by atoms with Gasteiger partial charge in [0.2, 0.25) is 0 Å². The van der Waals surface area contributed by atoms with Gasteiger partial charge in [0.25, 0.3) is 0 Å². The van der Waals surface area contributed by atoms with E-state index in [1.165, 1.54) is 76.3 Å². The lowest BCUT2D eigenvalue weighted by Crippen LogP contribution is -1.85. The zero-order chi connectivity index (χ0) is 24.1. The molecule has 1 heteroatoms. The first-order valence-electron chi connectivity index (χ1n) is 12.8. The van der Waals surface area contributed by atoms with E-state index >= 15 is 0 Å². The van der Waals surface area contributed by atoms with Crippen molar-refractivity contribution in [2.45, 2.75) is 0 Å². The molecule has 37 heavy (non-hydrogen) atoms. The largest absolute Gasteiger partial charge is 0.455 e. The molecule has 1 aliphatic carbocycles. The van der Waals surface area contributed by atoms with Gasteiger partial charge in [0, 0.05) is 21.9 Å². The summed E-state index contributed by atoms with van der Waals surface area (Å²) in [7, 11) is 0. The van der Waals surface area contributed by atoms with Gasteiger partial charge in [-0.05, 0) is 72.6 Å². The molecule has 0 saturated heterocycles. The first-order valence-corrected chi connectivity index (χ1v) is 12.8. The monoisotopic (exact) mass is 468 g/mol. The molecular formula is C36H20O. The third kappa shape index (κ3) is 2.48. The summed E-state index contributed by atoms with van der Waals surface area (Å²) in [5, 5.41) is 11.5. The van der Waals surface area contributed by atoms with Crippen molar-refractivity contribution in [2.75, 3.05) is 0 Å². The normalized spacial score (nSPS) is 12.3. The minimum atomic E-state index is 0.942. The molecule has 0 atom stereocenters. The predicted octanol–water partition coefficient (Wildman–Crippen LogP) is 10.4. The molecule has 0 bridgehead atoms. The van der Waals surface area contributed by atoms with Crippen LogP contribution in [-0.4, -0.2) is 0 Å². The summed E-state index contributed by atoms with van der Waals surface area (Å²) in [6.45, 7) is 0. The van der Waals surface area contributed by atoms with E-state index in [2.05, 4.69) is 121 Å². The highest BCUT2D eigenvalue weighted by atomic mass is 16.3. The second-order valence-electron chi connectivity index (χ2n) is 10.1. The van der Waals surface area contributed by atoms with Crippen LogP contribution in [0.1, 0.15) is 0 Å². The van der Waals surface area contributed by atoms with Gasteiger partial charge in [-0.1, -0.05) is 103 Å². The van der Waals surface area contributed by atoms with Crippen molar-refractivity contribution in [2.24, 2.45) is 0 Å². The molecule has 0 spiro atoms. The van der Waals surface area contributed by atoms with Gasteiger partial charge >= 0.3 is 0 Å². The van der Waals surface area contributed by atoms with Gasteiger partial charge < -0.3 is 4.42 Å². The number of hydrogen-bond acceptors (Lipinski definition) is 1. The summed E-state index contributed by atoms with van der Waals surface area (Å²) in [6, 6.07) is 44.1. The Kier molecular flexibility index (Phi) is 3.59. The Morgan fingerprint density at radius 3 is 1.68 bits per heavy atom. The Morgan fingerprint density at radius 1 is 0.405 bits per heavy atom. The third-order valence-corrected chi connectivity index (χ3v) is 8.18. The Morgan fingerprint density at radius 2 is 0.973 bits per heavy atom. The Hall–Kier alpha value is -4.88. The van der Waals surface area contributed by atoms with Crippen LogP contribution in [0.3, 0.4) is 0 Å². The molecule has 1 heterocycles. The number of rotatable bonds is 1. The van der Waals surface area contributed by atoms with Crippen LogP contribution < -0.4 is 0 Å². The number of furan rings is 1. The van der Waals surface area contributed by atoms with Crippen molar-refractivity contribution in [3.8, 4) is 33.6 Å². The van der Waals surface area contributed by atoms with Crippen LogP contribution in [0.2, 0.25) is 0 Å². The van der Waals surface area contributed by atoms with E-state index in [9.17, 15) is 0 Å². The fourth-order valence-corrected chi connectivity index (χ4v) is 6.56. The van der Waals surface area contributed by atoms with Crippen molar-refractivity contribution in [3.05, 3.63) is 121 Å². The zero-order valence-electron chi connectivity index (χ0n) is 20.0. The molecule has 0 aliphatic heterocycles. The molecule has 9 rings (SSSR count). The van der Waals surface area contributed by atoms with E-state index in [1.54, 1.807) is 0 Å². The lowest BCUT2D eigenvalue weighted by atomic mass is 9.91.